The predicted molar refractivity (Wildman–Crippen MR) is 101 cm³/mol. The smallest absolute Gasteiger partial charge is 0.317 e. The molecule has 1 aromatic heterocycles. The van der Waals surface area contributed by atoms with Crippen LogP contribution in [-0.4, -0.2) is 53.3 Å². The monoisotopic (exact) mass is 387 g/mol. The van der Waals surface area contributed by atoms with Crippen molar-refractivity contribution in [2.45, 2.75) is 37.3 Å². The second-order valence-electron chi connectivity index (χ2n) is 7.50. The van der Waals surface area contributed by atoms with Gasteiger partial charge in [-0.2, -0.15) is 5.10 Å². The summed E-state index contributed by atoms with van der Waals surface area (Å²) in [6, 6.07) is 7.16. The number of benzene rings is 1. The Morgan fingerprint density at radius 1 is 1.32 bits per heavy atom. The van der Waals surface area contributed by atoms with Crippen molar-refractivity contribution in [3.05, 3.63) is 53.7 Å². The van der Waals surface area contributed by atoms with Crippen molar-refractivity contribution in [3.63, 3.8) is 0 Å². The molecule has 1 aliphatic heterocycles. The van der Waals surface area contributed by atoms with Crippen LogP contribution in [0.15, 0.2) is 36.5 Å². The lowest BCUT2D eigenvalue weighted by atomic mass is 10.0. The molecule has 4 rings (SSSR count). The number of anilines is 1. The minimum absolute atomic E-state index is 0.0653. The molecule has 0 bridgehead atoms. The number of aromatic nitrogens is 2. The second kappa shape index (κ2) is 7.69. The summed E-state index contributed by atoms with van der Waals surface area (Å²) in [7, 11) is 1.79. The van der Waals surface area contributed by atoms with Crippen LogP contribution in [0.2, 0.25) is 0 Å². The molecule has 0 unspecified atom stereocenters. The Kier molecular flexibility index (Phi) is 5.11. The molecule has 2 aliphatic rings. The number of urea groups is 1. The van der Waals surface area contributed by atoms with Crippen LogP contribution in [-0.2, 0) is 0 Å². The highest BCUT2D eigenvalue weighted by molar-refractivity contribution is 5.75. The molecule has 0 radical (unpaired) electrons. The van der Waals surface area contributed by atoms with Gasteiger partial charge in [0.05, 0.1) is 6.04 Å². The lowest BCUT2D eigenvalue weighted by molar-refractivity contribution is 0.182. The molecule has 8 heteroatoms. The van der Waals surface area contributed by atoms with Gasteiger partial charge in [0.15, 0.2) is 5.82 Å². The number of nitrogens with one attached hydrogen (secondary N) is 1. The fourth-order valence-electron chi connectivity index (χ4n) is 3.87. The van der Waals surface area contributed by atoms with Gasteiger partial charge in [-0.15, -0.1) is 5.10 Å². The Bertz CT molecular complexity index is 850. The zero-order valence-electron chi connectivity index (χ0n) is 15.7. The fraction of sp³-hybridized carbons (Fsp3) is 0.450. The summed E-state index contributed by atoms with van der Waals surface area (Å²) in [5.74, 6) is -0.426. The van der Waals surface area contributed by atoms with Crippen molar-refractivity contribution in [1.29, 1.82) is 0 Å². The van der Waals surface area contributed by atoms with Gasteiger partial charge in [0.1, 0.15) is 11.6 Å². The van der Waals surface area contributed by atoms with Gasteiger partial charge in [-0.1, -0.05) is 6.07 Å². The van der Waals surface area contributed by atoms with Crippen molar-refractivity contribution in [3.8, 4) is 0 Å². The van der Waals surface area contributed by atoms with Crippen molar-refractivity contribution in [2.24, 2.45) is 0 Å². The van der Waals surface area contributed by atoms with E-state index in [2.05, 4.69) is 20.4 Å². The van der Waals surface area contributed by atoms with E-state index < -0.39 is 11.6 Å². The van der Waals surface area contributed by atoms with Crippen LogP contribution in [0.4, 0.5) is 19.4 Å². The Hall–Kier alpha value is -2.77. The summed E-state index contributed by atoms with van der Waals surface area (Å²) in [6.07, 6.45) is 4.19. The third kappa shape index (κ3) is 3.90. The summed E-state index contributed by atoms with van der Waals surface area (Å²) in [5.41, 5.74) is 0.459. The number of amides is 2. The van der Waals surface area contributed by atoms with Gasteiger partial charge in [-0.25, -0.2) is 13.6 Å². The number of halogens is 2. The third-order valence-corrected chi connectivity index (χ3v) is 5.61. The van der Waals surface area contributed by atoms with Crippen molar-refractivity contribution >= 4 is 11.8 Å². The van der Waals surface area contributed by atoms with Gasteiger partial charge in [0.2, 0.25) is 0 Å². The normalized spacial score (nSPS) is 24.0. The van der Waals surface area contributed by atoms with Crippen LogP contribution in [0.1, 0.15) is 30.7 Å². The molecule has 2 amide bonds. The van der Waals surface area contributed by atoms with E-state index in [1.807, 2.05) is 12.1 Å². The average Bonchev–Trinajstić information content (AvgIpc) is 3.46. The van der Waals surface area contributed by atoms with E-state index >= 15 is 0 Å². The molecule has 1 saturated heterocycles. The first-order valence-electron chi connectivity index (χ1n) is 9.54. The molecular weight excluding hydrogens is 364 g/mol. The quantitative estimate of drug-likeness (QED) is 0.876. The predicted octanol–water partition coefficient (Wildman–Crippen LogP) is 2.92. The number of carbonyl (C=O) groups is 1. The molecule has 2 fully saturated rings. The van der Waals surface area contributed by atoms with Gasteiger partial charge in [0, 0.05) is 44.4 Å². The van der Waals surface area contributed by atoms with Crippen LogP contribution in [0.25, 0.3) is 0 Å². The van der Waals surface area contributed by atoms with Gasteiger partial charge in [-0.05, 0) is 43.0 Å². The molecule has 3 atom stereocenters. The minimum atomic E-state index is -0.591. The lowest BCUT2D eigenvalue weighted by Gasteiger charge is -2.38. The number of rotatable bonds is 4. The van der Waals surface area contributed by atoms with E-state index in [0.717, 1.165) is 31.3 Å². The zero-order valence-corrected chi connectivity index (χ0v) is 15.7. The van der Waals surface area contributed by atoms with Gasteiger partial charge in [0.25, 0.3) is 0 Å². The summed E-state index contributed by atoms with van der Waals surface area (Å²) < 4.78 is 27.0. The molecule has 0 spiro atoms. The van der Waals surface area contributed by atoms with E-state index in [1.54, 1.807) is 18.1 Å². The molecule has 1 saturated carbocycles. The number of hydrogen-bond acceptors (Lipinski definition) is 4. The molecule has 1 N–H and O–H groups in total. The molecule has 1 aromatic carbocycles. The Morgan fingerprint density at radius 3 is 2.93 bits per heavy atom. The molecule has 28 heavy (non-hydrogen) atoms. The van der Waals surface area contributed by atoms with Crippen molar-refractivity contribution in [2.75, 3.05) is 25.0 Å². The van der Waals surface area contributed by atoms with E-state index in [0.29, 0.717) is 18.5 Å². The maximum absolute atomic E-state index is 13.9. The van der Waals surface area contributed by atoms with Crippen LogP contribution in [0.5, 0.6) is 0 Å². The Morgan fingerprint density at radius 2 is 2.18 bits per heavy atom. The van der Waals surface area contributed by atoms with Crippen LogP contribution < -0.4 is 10.2 Å². The first kappa shape index (κ1) is 18.6. The largest absolute Gasteiger partial charge is 0.353 e. The fourth-order valence-corrected chi connectivity index (χ4v) is 3.87. The number of hydrogen-bond donors (Lipinski definition) is 1. The standard InChI is InChI=1S/C20H23F2N5O/c1-26(14-4-3-9-27(12-14)19-5-2-8-23-25-19)20(28)24-18-11-16(18)15-7-6-13(21)10-17(15)22/h2,5-8,10,14,16,18H,3-4,9,11-12H2,1H3,(H,24,28)/t14-,16+,18-/m1/s1. The van der Waals surface area contributed by atoms with E-state index in [9.17, 15) is 13.6 Å². The van der Waals surface area contributed by atoms with E-state index in [-0.39, 0.29) is 24.0 Å². The topological polar surface area (TPSA) is 61.4 Å². The average molecular weight is 387 g/mol. The molecule has 6 nitrogen and oxygen atoms in total. The molecule has 148 valence electrons. The maximum Gasteiger partial charge on any atom is 0.317 e. The van der Waals surface area contributed by atoms with Crippen molar-refractivity contribution in [1.82, 2.24) is 20.4 Å². The first-order valence-corrected chi connectivity index (χ1v) is 9.54. The Labute approximate surface area is 162 Å². The number of piperidine rings is 1. The van der Waals surface area contributed by atoms with Gasteiger partial charge >= 0.3 is 6.03 Å². The first-order chi connectivity index (χ1) is 13.5. The highest BCUT2D eigenvalue weighted by atomic mass is 19.1. The summed E-state index contributed by atoms with van der Waals surface area (Å²) in [6.45, 7) is 1.59. The molecule has 1 aliphatic carbocycles. The van der Waals surface area contributed by atoms with Crippen LogP contribution in [0.3, 0.4) is 0 Å². The maximum atomic E-state index is 13.9. The summed E-state index contributed by atoms with van der Waals surface area (Å²) in [4.78, 5) is 16.5. The van der Waals surface area contributed by atoms with Crippen LogP contribution in [0, 0.1) is 11.6 Å². The third-order valence-electron chi connectivity index (χ3n) is 5.61. The Balaban J connectivity index is 1.34. The summed E-state index contributed by atoms with van der Waals surface area (Å²) in [5, 5.41) is 11.1. The minimum Gasteiger partial charge on any atom is -0.353 e. The molecular formula is C20H23F2N5O. The lowest BCUT2D eigenvalue weighted by Crippen LogP contribution is -2.52. The van der Waals surface area contributed by atoms with Gasteiger partial charge < -0.3 is 15.1 Å². The van der Waals surface area contributed by atoms with Gasteiger partial charge in [-0.3, -0.25) is 0 Å². The van der Waals surface area contributed by atoms with E-state index in [1.165, 1.54) is 12.1 Å². The molecule has 2 aromatic rings. The summed E-state index contributed by atoms with van der Waals surface area (Å²) >= 11 is 0. The zero-order chi connectivity index (χ0) is 19.7. The SMILES string of the molecule is CN(C(=O)N[C@@H]1C[C@H]1c1ccc(F)cc1F)[C@@H]1CCCN(c2cccnn2)C1. The second-order valence-corrected chi connectivity index (χ2v) is 7.50. The number of likely N-dealkylation sites (N-methyl/N-ethyl adjacent to an activating group) is 1. The highest BCUT2D eigenvalue weighted by Gasteiger charge is 2.42. The molecule has 2 heterocycles. The van der Waals surface area contributed by atoms with E-state index in [4.69, 9.17) is 0 Å². The van der Waals surface area contributed by atoms with Crippen molar-refractivity contribution < 1.29 is 13.6 Å². The number of nitrogens with zero attached hydrogens (tertiary/aromatic N) is 4. The van der Waals surface area contributed by atoms with Crippen LogP contribution >= 0.6 is 0 Å². The number of carbonyl (C=O) groups excluding carboxylic acids is 1. The highest BCUT2D eigenvalue weighted by Crippen LogP contribution is 2.42.